The molecule has 192 valence electrons. The number of nitrogens with zero attached hydrogens (tertiary/aromatic N) is 5. The van der Waals surface area contributed by atoms with Gasteiger partial charge in [-0.2, -0.15) is 9.61 Å². The number of aromatic nitrogens is 4. The first-order valence-corrected chi connectivity index (χ1v) is 13.3. The molecule has 6 rings (SSSR count). The van der Waals surface area contributed by atoms with E-state index in [1.54, 1.807) is 0 Å². The fraction of sp³-hybridized carbons (Fsp3) is 0.290. The maximum Gasteiger partial charge on any atom is 0.306 e. The van der Waals surface area contributed by atoms with Gasteiger partial charge < -0.3 is 5.11 Å². The van der Waals surface area contributed by atoms with Crippen LogP contribution in [0.25, 0.3) is 39.1 Å². The van der Waals surface area contributed by atoms with Gasteiger partial charge in [-0.15, -0.1) is 0 Å². The lowest BCUT2D eigenvalue weighted by atomic mass is 9.89. The Morgan fingerprint density at radius 3 is 2.58 bits per heavy atom. The molecule has 0 amide bonds. The second-order valence-electron chi connectivity index (χ2n) is 10.3. The summed E-state index contributed by atoms with van der Waals surface area (Å²) >= 11 is 0. The summed E-state index contributed by atoms with van der Waals surface area (Å²) in [7, 11) is 0. The first-order valence-electron chi connectivity index (χ1n) is 13.3. The Balaban J connectivity index is 1.37. The molecule has 0 aliphatic carbocycles. The van der Waals surface area contributed by atoms with E-state index in [0.717, 1.165) is 70.7 Å². The quantitative estimate of drug-likeness (QED) is 0.305. The summed E-state index contributed by atoms with van der Waals surface area (Å²) in [4.78, 5) is 23.7. The summed E-state index contributed by atoms with van der Waals surface area (Å²) < 4.78 is 1.82. The zero-order chi connectivity index (χ0) is 26.2. The van der Waals surface area contributed by atoms with E-state index in [1.807, 2.05) is 41.9 Å². The summed E-state index contributed by atoms with van der Waals surface area (Å²) in [6.45, 7) is 5.75. The van der Waals surface area contributed by atoms with Crippen molar-refractivity contribution in [3.05, 3.63) is 84.2 Å². The second kappa shape index (κ2) is 9.99. The number of carboxylic acids is 1. The Morgan fingerprint density at radius 2 is 1.84 bits per heavy atom. The Kier molecular flexibility index (Phi) is 6.37. The molecule has 1 aliphatic heterocycles. The van der Waals surface area contributed by atoms with Crippen molar-refractivity contribution in [3.8, 4) is 22.4 Å². The van der Waals surface area contributed by atoms with Crippen molar-refractivity contribution >= 4 is 22.6 Å². The third-order valence-corrected chi connectivity index (χ3v) is 7.74. The zero-order valence-electron chi connectivity index (χ0n) is 21.7. The molecule has 38 heavy (non-hydrogen) atoms. The molecule has 2 aromatic carbocycles. The van der Waals surface area contributed by atoms with Crippen LogP contribution < -0.4 is 0 Å². The van der Waals surface area contributed by atoms with Gasteiger partial charge in [-0.3, -0.25) is 9.69 Å². The molecular formula is C31H31N5O2. The number of fused-ring (bicyclic) bond motifs is 3. The van der Waals surface area contributed by atoms with Crippen LogP contribution in [-0.2, 0) is 11.3 Å². The van der Waals surface area contributed by atoms with Crippen molar-refractivity contribution in [2.24, 2.45) is 5.92 Å². The fourth-order valence-corrected chi connectivity index (χ4v) is 5.67. The number of rotatable bonds is 6. The summed E-state index contributed by atoms with van der Waals surface area (Å²) in [6.07, 6.45) is 4.26. The lowest BCUT2D eigenvalue weighted by Crippen LogP contribution is -2.43. The normalized spacial score (nSPS) is 18.3. The van der Waals surface area contributed by atoms with E-state index in [9.17, 15) is 9.90 Å². The van der Waals surface area contributed by atoms with E-state index in [-0.39, 0.29) is 5.92 Å². The Morgan fingerprint density at radius 1 is 1.05 bits per heavy atom. The Labute approximate surface area is 221 Å². The van der Waals surface area contributed by atoms with E-state index < -0.39 is 5.97 Å². The maximum absolute atomic E-state index is 11.5. The number of hydrogen-bond donors (Lipinski definition) is 1. The van der Waals surface area contributed by atoms with E-state index in [2.05, 4.69) is 64.4 Å². The molecule has 0 radical (unpaired) electrons. The topological polar surface area (TPSA) is 83.6 Å². The minimum atomic E-state index is -0.664. The van der Waals surface area contributed by atoms with Crippen molar-refractivity contribution < 1.29 is 9.90 Å². The summed E-state index contributed by atoms with van der Waals surface area (Å²) in [5, 5.41) is 15.0. The molecule has 5 aromatic rings. The van der Waals surface area contributed by atoms with E-state index >= 15 is 0 Å². The molecule has 4 heterocycles. The van der Waals surface area contributed by atoms with Crippen LogP contribution in [0.4, 0.5) is 0 Å². The number of likely N-dealkylation sites (tertiary alicyclic amines) is 1. The molecule has 2 atom stereocenters. The SMILES string of the molecule is CCC1CC(C(=O)O)CCN1Cc1ccc(-c2nc3c(cnc4cc(C)nn43)cc2-c2ccccc2)cc1. The molecule has 1 aliphatic rings. The molecule has 1 N–H and O–H groups in total. The van der Waals surface area contributed by atoms with Crippen molar-refractivity contribution in [1.29, 1.82) is 0 Å². The molecule has 0 saturated carbocycles. The van der Waals surface area contributed by atoms with Crippen LogP contribution in [0.2, 0.25) is 0 Å². The van der Waals surface area contributed by atoms with Gasteiger partial charge in [0, 0.05) is 41.4 Å². The third-order valence-electron chi connectivity index (χ3n) is 7.74. The fourth-order valence-electron chi connectivity index (χ4n) is 5.67. The first-order chi connectivity index (χ1) is 18.5. The third kappa shape index (κ3) is 4.54. The van der Waals surface area contributed by atoms with Gasteiger partial charge in [-0.05, 0) is 49.9 Å². The molecule has 0 spiro atoms. The average Bonchev–Trinajstić information content (AvgIpc) is 3.34. The predicted molar refractivity (Wildman–Crippen MR) is 149 cm³/mol. The van der Waals surface area contributed by atoms with Gasteiger partial charge in [0.25, 0.3) is 0 Å². The van der Waals surface area contributed by atoms with Gasteiger partial charge in [0.2, 0.25) is 0 Å². The van der Waals surface area contributed by atoms with Crippen molar-refractivity contribution in [3.63, 3.8) is 0 Å². The molecule has 0 bridgehead atoms. The first kappa shape index (κ1) is 24.2. The van der Waals surface area contributed by atoms with Crippen LogP contribution in [0.1, 0.15) is 37.4 Å². The van der Waals surface area contributed by atoms with Crippen LogP contribution in [0.3, 0.4) is 0 Å². The molecule has 7 nitrogen and oxygen atoms in total. The minimum absolute atomic E-state index is 0.228. The highest BCUT2D eigenvalue weighted by atomic mass is 16.4. The summed E-state index contributed by atoms with van der Waals surface area (Å²) in [6, 6.07) is 23.4. The van der Waals surface area contributed by atoms with Crippen LogP contribution in [-0.4, -0.2) is 48.1 Å². The number of benzene rings is 2. The predicted octanol–water partition coefficient (Wildman–Crippen LogP) is 6.00. The monoisotopic (exact) mass is 505 g/mol. The molecule has 2 unspecified atom stereocenters. The number of carbonyl (C=O) groups is 1. The second-order valence-corrected chi connectivity index (χ2v) is 10.3. The Bertz CT molecular complexity index is 1610. The van der Waals surface area contributed by atoms with Gasteiger partial charge in [0.05, 0.1) is 17.3 Å². The molecule has 1 fully saturated rings. The van der Waals surface area contributed by atoms with E-state index in [0.29, 0.717) is 12.5 Å². The molecular weight excluding hydrogens is 474 g/mol. The van der Waals surface area contributed by atoms with Crippen LogP contribution in [0.15, 0.2) is 72.9 Å². The number of pyridine rings is 1. The summed E-state index contributed by atoms with van der Waals surface area (Å²) in [5.41, 5.74) is 7.80. The van der Waals surface area contributed by atoms with Crippen LogP contribution in [0, 0.1) is 12.8 Å². The van der Waals surface area contributed by atoms with Crippen molar-refractivity contribution in [2.45, 2.75) is 45.7 Å². The molecule has 1 saturated heterocycles. The number of aryl methyl sites for hydroxylation is 1. The maximum atomic E-state index is 11.5. The highest BCUT2D eigenvalue weighted by Crippen LogP contribution is 2.34. The highest BCUT2D eigenvalue weighted by Gasteiger charge is 2.31. The van der Waals surface area contributed by atoms with E-state index in [4.69, 9.17) is 4.98 Å². The lowest BCUT2D eigenvalue weighted by Gasteiger charge is -2.38. The van der Waals surface area contributed by atoms with Gasteiger partial charge >= 0.3 is 5.97 Å². The minimum Gasteiger partial charge on any atom is -0.481 e. The van der Waals surface area contributed by atoms with Gasteiger partial charge in [0.1, 0.15) is 0 Å². The van der Waals surface area contributed by atoms with Crippen molar-refractivity contribution in [2.75, 3.05) is 6.54 Å². The largest absolute Gasteiger partial charge is 0.481 e. The number of aliphatic carboxylic acids is 1. The number of hydrogen-bond acceptors (Lipinski definition) is 5. The molecule has 7 heteroatoms. The number of piperidine rings is 1. The number of carboxylic acid groups (broad SMARTS) is 1. The van der Waals surface area contributed by atoms with Crippen molar-refractivity contribution in [1.82, 2.24) is 24.5 Å². The lowest BCUT2D eigenvalue weighted by molar-refractivity contribution is -0.144. The van der Waals surface area contributed by atoms with Gasteiger partial charge in [-0.1, -0.05) is 61.5 Å². The van der Waals surface area contributed by atoms with Gasteiger partial charge in [0.15, 0.2) is 11.3 Å². The van der Waals surface area contributed by atoms with Crippen LogP contribution in [0.5, 0.6) is 0 Å². The van der Waals surface area contributed by atoms with Gasteiger partial charge in [-0.25, -0.2) is 9.97 Å². The molecule has 3 aromatic heterocycles. The smallest absolute Gasteiger partial charge is 0.306 e. The average molecular weight is 506 g/mol. The zero-order valence-corrected chi connectivity index (χ0v) is 21.7. The summed E-state index contributed by atoms with van der Waals surface area (Å²) in [5.74, 6) is -0.892. The van der Waals surface area contributed by atoms with Crippen LogP contribution >= 0.6 is 0 Å². The van der Waals surface area contributed by atoms with E-state index in [1.165, 1.54) is 5.56 Å². The highest BCUT2D eigenvalue weighted by molar-refractivity contribution is 5.90. The Hall–Kier alpha value is -4.10. The standard InChI is InChI=1S/C31H31N5O2/c1-3-26-16-24(31(37)38)13-14-35(26)19-21-9-11-23(12-10-21)29-27(22-7-5-4-6-8-22)17-25-18-32-28-15-20(2)34-36(28)30(25)33-29/h4-12,15,17-18,24,26H,3,13-14,16,19H2,1-2H3,(H,37,38).